The molecule has 0 heterocycles. The van der Waals surface area contributed by atoms with Gasteiger partial charge in [0.15, 0.2) is 6.10 Å². The third kappa shape index (κ3) is 5.54. The third-order valence-corrected chi connectivity index (χ3v) is 5.55. The molecule has 0 radical (unpaired) electrons. The van der Waals surface area contributed by atoms with Crippen molar-refractivity contribution in [3.8, 4) is 0 Å². The van der Waals surface area contributed by atoms with Gasteiger partial charge in [-0.3, -0.25) is 4.79 Å². The molecular weight excluding hydrogens is 344 g/mol. The van der Waals surface area contributed by atoms with Gasteiger partial charge in [-0.2, -0.15) is 0 Å². The average molecular weight is 368 g/mol. The van der Waals surface area contributed by atoms with Gasteiger partial charge in [-0.15, -0.1) is 0 Å². The lowest BCUT2D eigenvalue weighted by atomic mass is 10.2. The van der Waals surface area contributed by atoms with Crippen LogP contribution in [0.1, 0.15) is 50.4 Å². The zero-order valence-corrected chi connectivity index (χ0v) is 15.4. The van der Waals surface area contributed by atoms with Crippen molar-refractivity contribution in [1.29, 1.82) is 0 Å². The van der Waals surface area contributed by atoms with E-state index in [4.69, 9.17) is 4.74 Å². The SMILES string of the molecule is CC[C@H](C)NS(=O)(=O)c1ccc(C(=O)O[C@H](C)C(=O)NC2CC2)cc1. The van der Waals surface area contributed by atoms with Crippen molar-refractivity contribution in [1.82, 2.24) is 10.0 Å². The van der Waals surface area contributed by atoms with Crippen LogP contribution in [-0.2, 0) is 19.6 Å². The first kappa shape index (κ1) is 19.4. The van der Waals surface area contributed by atoms with Gasteiger partial charge in [-0.05, 0) is 57.4 Å². The topological polar surface area (TPSA) is 102 Å². The molecule has 25 heavy (non-hydrogen) atoms. The van der Waals surface area contributed by atoms with Gasteiger partial charge in [-0.1, -0.05) is 6.92 Å². The van der Waals surface area contributed by atoms with Gasteiger partial charge in [0, 0.05) is 12.1 Å². The smallest absolute Gasteiger partial charge is 0.338 e. The first-order valence-corrected chi connectivity index (χ1v) is 9.85. The number of ether oxygens (including phenoxy) is 1. The summed E-state index contributed by atoms with van der Waals surface area (Å²) in [5, 5.41) is 2.76. The molecule has 1 fully saturated rings. The van der Waals surface area contributed by atoms with Crippen LogP contribution in [0.5, 0.6) is 0 Å². The number of amides is 1. The predicted octanol–water partition coefficient (Wildman–Crippen LogP) is 1.59. The minimum absolute atomic E-state index is 0.0730. The molecule has 7 nitrogen and oxygen atoms in total. The average Bonchev–Trinajstić information content (AvgIpc) is 3.38. The molecule has 0 aromatic heterocycles. The number of hydrogen-bond donors (Lipinski definition) is 2. The van der Waals surface area contributed by atoms with Gasteiger partial charge in [0.05, 0.1) is 10.5 Å². The van der Waals surface area contributed by atoms with Crippen molar-refractivity contribution in [3.63, 3.8) is 0 Å². The summed E-state index contributed by atoms with van der Waals surface area (Å²) < 4.78 is 32.0. The van der Waals surface area contributed by atoms with E-state index in [9.17, 15) is 18.0 Å². The zero-order chi connectivity index (χ0) is 18.6. The molecule has 2 rings (SSSR count). The zero-order valence-electron chi connectivity index (χ0n) is 14.6. The van der Waals surface area contributed by atoms with Crippen molar-refractivity contribution in [3.05, 3.63) is 29.8 Å². The summed E-state index contributed by atoms with van der Waals surface area (Å²) in [5.74, 6) is -0.995. The Bertz CT molecular complexity index is 726. The summed E-state index contributed by atoms with van der Waals surface area (Å²) in [7, 11) is -3.62. The Morgan fingerprint density at radius 2 is 1.80 bits per heavy atom. The quantitative estimate of drug-likeness (QED) is 0.679. The summed E-state index contributed by atoms with van der Waals surface area (Å²) >= 11 is 0. The number of rotatable bonds is 8. The van der Waals surface area contributed by atoms with Crippen LogP contribution in [0.3, 0.4) is 0 Å². The third-order valence-electron chi connectivity index (χ3n) is 3.95. The molecule has 1 amide bonds. The van der Waals surface area contributed by atoms with Crippen molar-refractivity contribution in [2.45, 2.75) is 63.1 Å². The van der Waals surface area contributed by atoms with Crippen LogP contribution in [0.2, 0.25) is 0 Å². The Morgan fingerprint density at radius 3 is 2.32 bits per heavy atom. The van der Waals surface area contributed by atoms with Crippen molar-refractivity contribution >= 4 is 21.9 Å². The van der Waals surface area contributed by atoms with Crippen LogP contribution < -0.4 is 10.0 Å². The Kier molecular flexibility index (Phi) is 6.18. The van der Waals surface area contributed by atoms with Crippen LogP contribution in [0.15, 0.2) is 29.2 Å². The number of carbonyl (C=O) groups excluding carboxylic acids is 2. The lowest BCUT2D eigenvalue weighted by molar-refractivity contribution is -0.129. The molecule has 0 bridgehead atoms. The molecule has 1 aliphatic carbocycles. The molecule has 1 saturated carbocycles. The highest BCUT2D eigenvalue weighted by atomic mass is 32.2. The molecule has 1 aliphatic rings. The summed E-state index contributed by atoms with van der Waals surface area (Å²) in [6.07, 6.45) is 1.67. The Hall–Kier alpha value is -1.93. The molecule has 2 atom stereocenters. The molecule has 0 aliphatic heterocycles. The lowest BCUT2D eigenvalue weighted by Crippen LogP contribution is -2.37. The van der Waals surface area contributed by atoms with E-state index < -0.39 is 22.1 Å². The molecule has 0 spiro atoms. The molecule has 0 unspecified atom stereocenters. The predicted molar refractivity (Wildman–Crippen MR) is 92.6 cm³/mol. The van der Waals surface area contributed by atoms with Crippen LogP contribution >= 0.6 is 0 Å². The van der Waals surface area contributed by atoms with Gasteiger partial charge >= 0.3 is 5.97 Å². The maximum Gasteiger partial charge on any atom is 0.338 e. The Morgan fingerprint density at radius 1 is 1.20 bits per heavy atom. The number of benzene rings is 1. The molecule has 1 aromatic rings. The second kappa shape index (κ2) is 7.97. The minimum Gasteiger partial charge on any atom is -0.449 e. The number of esters is 1. The van der Waals surface area contributed by atoms with Crippen LogP contribution in [0, 0.1) is 0 Å². The van der Waals surface area contributed by atoms with E-state index in [0.717, 1.165) is 12.8 Å². The standard InChI is InChI=1S/C17H24N2O5S/c1-4-11(2)19-25(22,23)15-9-5-13(6-10-15)17(21)24-12(3)16(20)18-14-7-8-14/h5-6,9-12,14,19H,4,7-8H2,1-3H3,(H,18,20)/t11-,12+/m0/s1. The fourth-order valence-corrected chi connectivity index (χ4v) is 3.34. The van der Waals surface area contributed by atoms with Crippen molar-refractivity contribution in [2.24, 2.45) is 0 Å². The molecule has 2 N–H and O–H groups in total. The molecule has 0 saturated heterocycles. The van der Waals surface area contributed by atoms with Gasteiger partial charge < -0.3 is 10.1 Å². The number of hydrogen-bond acceptors (Lipinski definition) is 5. The molecule has 138 valence electrons. The minimum atomic E-state index is -3.62. The first-order chi connectivity index (χ1) is 11.7. The van der Waals surface area contributed by atoms with Gasteiger partial charge in [-0.25, -0.2) is 17.9 Å². The fourth-order valence-electron chi connectivity index (χ4n) is 2.01. The van der Waals surface area contributed by atoms with Gasteiger partial charge in [0.2, 0.25) is 10.0 Å². The molecular formula is C17H24N2O5S. The van der Waals surface area contributed by atoms with Crippen LogP contribution in [0.25, 0.3) is 0 Å². The van der Waals surface area contributed by atoms with E-state index in [2.05, 4.69) is 10.0 Å². The number of sulfonamides is 1. The largest absolute Gasteiger partial charge is 0.449 e. The van der Waals surface area contributed by atoms with E-state index in [-0.39, 0.29) is 28.4 Å². The lowest BCUT2D eigenvalue weighted by Gasteiger charge is -2.14. The highest BCUT2D eigenvalue weighted by Crippen LogP contribution is 2.19. The van der Waals surface area contributed by atoms with E-state index >= 15 is 0 Å². The normalized spacial score (nSPS) is 16.8. The highest BCUT2D eigenvalue weighted by Gasteiger charge is 2.27. The number of nitrogens with one attached hydrogen (secondary N) is 2. The summed E-state index contributed by atoms with van der Waals surface area (Å²) in [5.41, 5.74) is 0.188. The first-order valence-electron chi connectivity index (χ1n) is 8.36. The summed E-state index contributed by atoms with van der Waals surface area (Å²) in [4.78, 5) is 24.0. The Labute approximate surface area is 148 Å². The summed E-state index contributed by atoms with van der Waals surface area (Å²) in [6, 6.07) is 5.45. The van der Waals surface area contributed by atoms with Crippen LogP contribution in [0.4, 0.5) is 0 Å². The van der Waals surface area contributed by atoms with E-state index in [0.29, 0.717) is 6.42 Å². The van der Waals surface area contributed by atoms with Crippen molar-refractivity contribution < 1.29 is 22.7 Å². The fraction of sp³-hybridized carbons (Fsp3) is 0.529. The van der Waals surface area contributed by atoms with Crippen molar-refractivity contribution in [2.75, 3.05) is 0 Å². The van der Waals surface area contributed by atoms with Crippen LogP contribution in [-0.4, -0.2) is 38.5 Å². The second-order valence-electron chi connectivity index (χ2n) is 6.29. The van der Waals surface area contributed by atoms with E-state index in [1.807, 2.05) is 6.92 Å². The molecule has 8 heteroatoms. The van der Waals surface area contributed by atoms with E-state index in [1.165, 1.54) is 31.2 Å². The van der Waals surface area contributed by atoms with Gasteiger partial charge in [0.25, 0.3) is 5.91 Å². The second-order valence-corrected chi connectivity index (χ2v) is 8.00. The molecule has 1 aromatic carbocycles. The summed E-state index contributed by atoms with van der Waals surface area (Å²) in [6.45, 7) is 5.16. The number of carbonyl (C=O) groups is 2. The maximum atomic E-state index is 12.2. The van der Waals surface area contributed by atoms with E-state index in [1.54, 1.807) is 6.92 Å². The highest BCUT2D eigenvalue weighted by molar-refractivity contribution is 7.89. The monoisotopic (exact) mass is 368 g/mol. The maximum absolute atomic E-state index is 12.2. The Balaban J connectivity index is 1.98. The van der Waals surface area contributed by atoms with Gasteiger partial charge in [0.1, 0.15) is 0 Å².